The first-order valence-electron chi connectivity index (χ1n) is 11.3. The van der Waals surface area contributed by atoms with Crippen molar-refractivity contribution in [1.82, 2.24) is 10.2 Å². The summed E-state index contributed by atoms with van der Waals surface area (Å²) >= 11 is 0. The van der Waals surface area contributed by atoms with Crippen molar-refractivity contribution in [2.45, 2.75) is 23.4 Å². The highest BCUT2D eigenvalue weighted by Crippen LogP contribution is 2.34. The Labute approximate surface area is 190 Å². The fraction of sp³-hybridized carbons (Fsp3) is 0.360. The maximum absolute atomic E-state index is 11.8. The van der Waals surface area contributed by atoms with Gasteiger partial charge in [-0.05, 0) is 54.5 Å². The van der Waals surface area contributed by atoms with E-state index in [-0.39, 0.29) is 0 Å². The molecule has 2 aromatic rings. The third-order valence-electron chi connectivity index (χ3n) is 6.54. The van der Waals surface area contributed by atoms with Gasteiger partial charge in [0, 0.05) is 68.1 Å². The molecule has 7 heteroatoms. The van der Waals surface area contributed by atoms with Crippen molar-refractivity contribution in [2.24, 2.45) is 0 Å². The molecule has 0 aliphatic carbocycles. The van der Waals surface area contributed by atoms with Gasteiger partial charge in [0.15, 0.2) is 9.84 Å². The van der Waals surface area contributed by atoms with Crippen LogP contribution in [0.3, 0.4) is 0 Å². The van der Waals surface area contributed by atoms with Crippen molar-refractivity contribution >= 4 is 26.9 Å². The van der Waals surface area contributed by atoms with E-state index >= 15 is 0 Å². The van der Waals surface area contributed by atoms with Gasteiger partial charge in [-0.1, -0.05) is 24.3 Å². The first-order chi connectivity index (χ1) is 15.5. The molecule has 0 amide bonds. The van der Waals surface area contributed by atoms with Crippen LogP contribution in [0, 0.1) is 0 Å². The van der Waals surface area contributed by atoms with Crippen molar-refractivity contribution in [2.75, 3.05) is 49.2 Å². The lowest BCUT2D eigenvalue weighted by atomic mass is 10.1. The molecule has 2 N–H and O–H groups in total. The molecule has 0 saturated carbocycles. The summed E-state index contributed by atoms with van der Waals surface area (Å²) < 4.78 is 23.6. The fourth-order valence-corrected chi connectivity index (χ4v) is 5.49. The Balaban J connectivity index is 1.26. The number of fused-ring (bicyclic) bond motifs is 1. The highest BCUT2D eigenvalue weighted by atomic mass is 32.2. The lowest BCUT2D eigenvalue weighted by molar-refractivity contribution is 0.418. The molecule has 0 bridgehead atoms. The summed E-state index contributed by atoms with van der Waals surface area (Å²) in [5.41, 5.74) is 4.64. The Morgan fingerprint density at radius 2 is 1.72 bits per heavy atom. The van der Waals surface area contributed by atoms with Gasteiger partial charge in [-0.2, -0.15) is 0 Å². The maximum Gasteiger partial charge on any atom is 0.175 e. The van der Waals surface area contributed by atoms with Gasteiger partial charge in [0.2, 0.25) is 0 Å². The summed E-state index contributed by atoms with van der Waals surface area (Å²) in [6, 6.07) is 16.7. The molecule has 3 aliphatic heterocycles. The van der Waals surface area contributed by atoms with E-state index in [0.717, 1.165) is 56.1 Å². The van der Waals surface area contributed by atoms with Crippen LogP contribution in [0.25, 0.3) is 5.70 Å². The number of hydrogen-bond acceptors (Lipinski definition) is 6. The number of hydrogen-bond donors (Lipinski definition) is 2. The Morgan fingerprint density at radius 1 is 1.00 bits per heavy atom. The number of allylic oxidation sites excluding steroid dienone is 2. The van der Waals surface area contributed by atoms with Gasteiger partial charge in [-0.25, -0.2) is 8.42 Å². The normalized spacial score (nSPS) is 23.1. The van der Waals surface area contributed by atoms with Gasteiger partial charge in [0.05, 0.1) is 4.90 Å². The molecule has 6 nitrogen and oxygen atoms in total. The van der Waals surface area contributed by atoms with Gasteiger partial charge in [0.1, 0.15) is 0 Å². The molecule has 0 aromatic heterocycles. The Kier molecular flexibility index (Phi) is 5.69. The highest BCUT2D eigenvalue weighted by molar-refractivity contribution is 7.90. The van der Waals surface area contributed by atoms with E-state index in [1.807, 2.05) is 12.1 Å². The molecule has 3 aliphatic rings. The Hall–Kier alpha value is -2.77. The zero-order chi connectivity index (χ0) is 22.1. The summed E-state index contributed by atoms with van der Waals surface area (Å²) in [5, 5.41) is 7.11. The molecule has 32 heavy (non-hydrogen) atoms. The van der Waals surface area contributed by atoms with Crippen LogP contribution in [0.2, 0.25) is 0 Å². The van der Waals surface area contributed by atoms with E-state index in [2.05, 4.69) is 62.9 Å². The van der Waals surface area contributed by atoms with Crippen LogP contribution in [0.15, 0.2) is 71.7 Å². The number of anilines is 2. The molecule has 168 valence electrons. The minimum absolute atomic E-state index is 0.349. The van der Waals surface area contributed by atoms with E-state index < -0.39 is 9.84 Å². The zero-order valence-electron chi connectivity index (χ0n) is 18.4. The molecule has 2 saturated heterocycles. The lowest BCUT2D eigenvalue weighted by Crippen LogP contribution is -2.43. The van der Waals surface area contributed by atoms with Crippen LogP contribution < -0.4 is 15.5 Å². The third-order valence-corrected chi connectivity index (χ3v) is 7.67. The highest BCUT2D eigenvalue weighted by Gasteiger charge is 2.33. The minimum Gasteiger partial charge on any atom is -0.380 e. The largest absolute Gasteiger partial charge is 0.380 e. The molecule has 5 rings (SSSR count). The van der Waals surface area contributed by atoms with Crippen molar-refractivity contribution in [3.63, 3.8) is 0 Å². The van der Waals surface area contributed by atoms with Gasteiger partial charge < -0.3 is 20.4 Å². The molecule has 0 radical (unpaired) electrons. The maximum atomic E-state index is 11.8. The first kappa shape index (κ1) is 21.1. The third kappa shape index (κ3) is 4.40. The van der Waals surface area contributed by atoms with Gasteiger partial charge >= 0.3 is 0 Å². The average Bonchev–Trinajstić information content (AvgIpc) is 3.22. The van der Waals surface area contributed by atoms with Crippen LogP contribution in [0.1, 0.15) is 12.0 Å². The Morgan fingerprint density at radius 3 is 2.41 bits per heavy atom. The van der Waals surface area contributed by atoms with Crippen LogP contribution in [-0.4, -0.2) is 64.4 Å². The summed E-state index contributed by atoms with van der Waals surface area (Å²) in [7, 11) is -3.18. The lowest BCUT2D eigenvalue weighted by Gasteiger charge is -2.30. The number of benzene rings is 2. The van der Waals surface area contributed by atoms with Gasteiger partial charge in [-0.3, -0.25) is 0 Å². The molecular weight excluding hydrogens is 420 g/mol. The van der Waals surface area contributed by atoms with E-state index in [4.69, 9.17) is 0 Å². The number of nitrogens with zero attached hydrogens (tertiary/aromatic N) is 2. The quantitative estimate of drug-likeness (QED) is 0.730. The minimum atomic E-state index is -3.18. The second kappa shape index (κ2) is 8.64. The Bertz CT molecular complexity index is 1120. The number of nitrogens with one attached hydrogen (secondary N) is 2. The predicted molar refractivity (Wildman–Crippen MR) is 131 cm³/mol. The monoisotopic (exact) mass is 450 g/mol. The van der Waals surface area contributed by atoms with Crippen molar-refractivity contribution in [3.8, 4) is 0 Å². The fourth-order valence-electron chi connectivity index (χ4n) is 4.86. The molecule has 3 heterocycles. The second-order valence-corrected chi connectivity index (χ2v) is 10.8. The summed E-state index contributed by atoms with van der Waals surface area (Å²) in [6.45, 7) is 5.10. The van der Waals surface area contributed by atoms with Crippen LogP contribution in [-0.2, 0) is 9.84 Å². The van der Waals surface area contributed by atoms with Crippen LogP contribution >= 0.6 is 0 Å². The number of sulfone groups is 1. The van der Waals surface area contributed by atoms with Crippen molar-refractivity contribution in [1.29, 1.82) is 0 Å². The molecule has 0 spiro atoms. The van der Waals surface area contributed by atoms with Crippen molar-refractivity contribution < 1.29 is 8.42 Å². The summed E-state index contributed by atoms with van der Waals surface area (Å²) in [5.74, 6) is 0. The zero-order valence-corrected chi connectivity index (χ0v) is 19.2. The van der Waals surface area contributed by atoms with Crippen molar-refractivity contribution in [3.05, 3.63) is 72.3 Å². The van der Waals surface area contributed by atoms with Crippen LogP contribution in [0.4, 0.5) is 11.4 Å². The molecular formula is C25H30N4O2S. The van der Waals surface area contributed by atoms with Crippen LogP contribution in [0.5, 0.6) is 0 Å². The molecule has 2 aromatic carbocycles. The van der Waals surface area contributed by atoms with Gasteiger partial charge in [0.25, 0.3) is 0 Å². The molecule has 2 fully saturated rings. The smallest absolute Gasteiger partial charge is 0.175 e. The average molecular weight is 451 g/mol. The van der Waals surface area contributed by atoms with E-state index in [1.165, 1.54) is 11.9 Å². The predicted octanol–water partition coefficient (Wildman–Crippen LogP) is 2.97. The molecule has 2 unspecified atom stereocenters. The van der Waals surface area contributed by atoms with Gasteiger partial charge in [-0.15, -0.1) is 0 Å². The second-order valence-electron chi connectivity index (χ2n) is 8.81. The van der Waals surface area contributed by atoms with E-state index in [1.54, 1.807) is 12.1 Å². The SMILES string of the molecule is CS(=O)(=O)c1ccc(C2=CC=CC3CC(Nc4ccc(N5CCNCC5)cc4)CN23)cc1. The number of rotatable bonds is 5. The first-order valence-corrected chi connectivity index (χ1v) is 13.1. The standard InChI is InChI=1S/C25H30N4O2S/c1-32(30,31)24-11-5-19(6-12-24)25-4-2-3-23-17-21(18-29(23)25)27-20-7-9-22(10-8-20)28-15-13-26-14-16-28/h2-12,21,23,26-27H,13-18H2,1H3. The summed E-state index contributed by atoms with van der Waals surface area (Å²) in [4.78, 5) is 5.20. The number of piperazine rings is 1. The van der Waals surface area contributed by atoms with E-state index in [0.29, 0.717) is 17.0 Å². The summed E-state index contributed by atoms with van der Waals surface area (Å²) in [6.07, 6.45) is 8.77. The molecule has 2 atom stereocenters. The topological polar surface area (TPSA) is 64.7 Å². The van der Waals surface area contributed by atoms with E-state index in [9.17, 15) is 8.42 Å².